The minimum atomic E-state index is -0.818. The Morgan fingerprint density at radius 3 is 2.62 bits per heavy atom. The SMILES string of the molecule is COB(OC)OCc1cc(F)ccc1N=N. The summed E-state index contributed by atoms with van der Waals surface area (Å²) in [4.78, 5) is 0. The van der Waals surface area contributed by atoms with Gasteiger partial charge in [-0.25, -0.2) is 9.92 Å². The third kappa shape index (κ3) is 3.37. The van der Waals surface area contributed by atoms with Gasteiger partial charge in [0, 0.05) is 19.8 Å². The molecule has 0 aliphatic rings. The normalized spacial score (nSPS) is 10.2. The van der Waals surface area contributed by atoms with Gasteiger partial charge in [0.15, 0.2) is 0 Å². The van der Waals surface area contributed by atoms with Crippen molar-refractivity contribution in [3.8, 4) is 0 Å². The second kappa shape index (κ2) is 6.31. The van der Waals surface area contributed by atoms with Crippen molar-refractivity contribution in [3.63, 3.8) is 0 Å². The number of hydrogen-bond acceptors (Lipinski definition) is 5. The topological polar surface area (TPSA) is 63.9 Å². The molecule has 5 nitrogen and oxygen atoms in total. The van der Waals surface area contributed by atoms with Crippen LogP contribution in [-0.2, 0) is 20.6 Å². The summed E-state index contributed by atoms with van der Waals surface area (Å²) in [6.07, 6.45) is 0. The van der Waals surface area contributed by atoms with Crippen LogP contribution in [0, 0.1) is 11.3 Å². The zero-order valence-corrected chi connectivity index (χ0v) is 9.07. The van der Waals surface area contributed by atoms with Crippen molar-refractivity contribution in [1.82, 2.24) is 0 Å². The number of halogens is 1. The van der Waals surface area contributed by atoms with E-state index in [0.29, 0.717) is 11.3 Å². The molecule has 1 aromatic rings. The van der Waals surface area contributed by atoms with Gasteiger partial charge >= 0.3 is 7.32 Å². The first-order valence-electron chi connectivity index (χ1n) is 4.54. The minimum absolute atomic E-state index is 0.0574. The zero-order chi connectivity index (χ0) is 12.0. The molecule has 0 aliphatic heterocycles. The molecule has 1 N–H and O–H groups in total. The highest BCUT2D eigenvalue weighted by molar-refractivity contribution is 6.36. The van der Waals surface area contributed by atoms with Crippen LogP contribution in [0.25, 0.3) is 0 Å². The van der Waals surface area contributed by atoms with E-state index in [2.05, 4.69) is 5.11 Å². The maximum atomic E-state index is 13.0. The Kier molecular flexibility index (Phi) is 5.04. The maximum absolute atomic E-state index is 13.0. The van der Waals surface area contributed by atoms with Crippen LogP contribution in [0.15, 0.2) is 23.3 Å². The average molecular weight is 226 g/mol. The van der Waals surface area contributed by atoms with Gasteiger partial charge in [0.25, 0.3) is 0 Å². The van der Waals surface area contributed by atoms with Crippen LogP contribution in [0.2, 0.25) is 0 Å². The fraction of sp³-hybridized carbons (Fsp3) is 0.333. The molecular weight excluding hydrogens is 214 g/mol. The van der Waals surface area contributed by atoms with Gasteiger partial charge in [-0.05, 0) is 18.2 Å². The first-order chi connectivity index (χ1) is 7.71. The van der Waals surface area contributed by atoms with Crippen LogP contribution in [0.3, 0.4) is 0 Å². The van der Waals surface area contributed by atoms with E-state index < -0.39 is 13.1 Å². The molecule has 86 valence electrons. The van der Waals surface area contributed by atoms with Crippen molar-refractivity contribution >= 4 is 13.0 Å². The third-order valence-corrected chi connectivity index (χ3v) is 1.92. The Labute approximate surface area is 93.2 Å². The molecule has 0 atom stereocenters. The van der Waals surface area contributed by atoms with E-state index in [1.54, 1.807) is 0 Å². The summed E-state index contributed by atoms with van der Waals surface area (Å²) in [6, 6.07) is 3.91. The number of nitrogens with one attached hydrogen (secondary N) is 1. The summed E-state index contributed by atoms with van der Waals surface area (Å²) in [5.74, 6) is -0.405. The molecule has 0 radical (unpaired) electrons. The predicted octanol–water partition coefficient (Wildman–Crippen LogP) is 2.28. The van der Waals surface area contributed by atoms with Crippen LogP contribution in [0.4, 0.5) is 10.1 Å². The first-order valence-corrected chi connectivity index (χ1v) is 4.54. The lowest BCUT2D eigenvalue weighted by Gasteiger charge is -2.10. The maximum Gasteiger partial charge on any atom is 0.639 e. The molecule has 0 aromatic heterocycles. The van der Waals surface area contributed by atoms with Crippen molar-refractivity contribution < 1.29 is 18.4 Å². The summed E-state index contributed by atoms with van der Waals surface area (Å²) in [6.45, 7) is 0.0574. The molecule has 1 aromatic carbocycles. The highest BCUT2D eigenvalue weighted by Crippen LogP contribution is 2.21. The lowest BCUT2D eigenvalue weighted by molar-refractivity contribution is 0.128. The van der Waals surface area contributed by atoms with E-state index in [4.69, 9.17) is 19.5 Å². The van der Waals surface area contributed by atoms with E-state index in [9.17, 15) is 4.39 Å². The van der Waals surface area contributed by atoms with Gasteiger partial charge < -0.3 is 14.0 Å². The standard InChI is InChI=1S/C9H12BFN2O3/c1-14-10(15-2)16-6-7-5-8(11)3-4-9(7)13-12/h3-5,12H,6H2,1-2H3. The molecular formula is C9H12BFN2O3. The quantitative estimate of drug-likeness (QED) is 0.597. The minimum Gasteiger partial charge on any atom is -0.389 e. The van der Waals surface area contributed by atoms with Crippen LogP contribution in [-0.4, -0.2) is 21.5 Å². The monoisotopic (exact) mass is 226 g/mol. The van der Waals surface area contributed by atoms with Crippen LogP contribution >= 0.6 is 0 Å². The summed E-state index contributed by atoms with van der Waals surface area (Å²) < 4.78 is 27.7. The Morgan fingerprint density at radius 1 is 1.38 bits per heavy atom. The molecule has 0 bridgehead atoms. The average Bonchev–Trinajstić information content (AvgIpc) is 2.30. The summed E-state index contributed by atoms with van der Waals surface area (Å²) in [5.41, 5.74) is 7.74. The molecule has 0 saturated heterocycles. The molecule has 0 spiro atoms. The van der Waals surface area contributed by atoms with Gasteiger partial charge in [0.2, 0.25) is 0 Å². The lowest BCUT2D eigenvalue weighted by atomic mass is 10.1. The summed E-state index contributed by atoms with van der Waals surface area (Å²) >= 11 is 0. The lowest BCUT2D eigenvalue weighted by Crippen LogP contribution is -2.23. The van der Waals surface area contributed by atoms with Crippen LogP contribution in [0.5, 0.6) is 0 Å². The molecule has 0 fully saturated rings. The Bertz CT molecular complexity index is 361. The molecule has 0 heterocycles. The highest BCUT2D eigenvalue weighted by Gasteiger charge is 2.17. The van der Waals surface area contributed by atoms with E-state index >= 15 is 0 Å². The van der Waals surface area contributed by atoms with Gasteiger partial charge in [-0.15, -0.1) is 0 Å². The Hall–Kier alpha value is -1.31. The van der Waals surface area contributed by atoms with E-state index in [1.165, 1.54) is 32.4 Å². The van der Waals surface area contributed by atoms with Crippen molar-refractivity contribution in [2.75, 3.05) is 14.2 Å². The predicted molar refractivity (Wildman–Crippen MR) is 55.8 cm³/mol. The van der Waals surface area contributed by atoms with Crippen molar-refractivity contribution in [2.45, 2.75) is 6.61 Å². The third-order valence-electron chi connectivity index (χ3n) is 1.92. The number of nitrogens with zero attached hydrogens (tertiary/aromatic N) is 1. The fourth-order valence-corrected chi connectivity index (χ4v) is 1.17. The highest BCUT2D eigenvalue weighted by atomic mass is 19.1. The molecule has 0 aliphatic carbocycles. The number of hydrogen-bond donors (Lipinski definition) is 1. The van der Waals surface area contributed by atoms with Crippen LogP contribution in [0.1, 0.15) is 5.56 Å². The smallest absolute Gasteiger partial charge is 0.389 e. The number of rotatable bonds is 6. The van der Waals surface area contributed by atoms with Gasteiger partial charge in [-0.1, -0.05) is 0 Å². The summed E-state index contributed by atoms with van der Waals surface area (Å²) in [7, 11) is 2.03. The van der Waals surface area contributed by atoms with Crippen molar-refractivity contribution in [3.05, 3.63) is 29.6 Å². The summed E-state index contributed by atoms with van der Waals surface area (Å²) in [5, 5.41) is 3.26. The number of benzene rings is 1. The molecule has 0 amide bonds. The Morgan fingerprint density at radius 2 is 2.06 bits per heavy atom. The zero-order valence-electron chi connectivity index (χ0n) is 9.07. The van der Waals surface area contributed by atoms with Gasteiger partial charge in [-0.3, -0.25) is 0 Å². The van der Waals surface area contributed by atoms with Crippen molar-refractivity contribution in [2.24, 2.45) is 5.11 Å². The molecule has 0 saturated carbocycles. The van der Waals surface area contributed by atoms with Crippen LogP contribution < -0.4 is 0 Å². The van der Waals surface area contributed by atoms with Gasteiger partial charge in [0.1, 0.15) is 5.82 Å². The van der Waals surface area contributed by atoms with Gasteiger partial charge in [-0.2, -0.15) is 5.11 Å². The fourth-order valence-electron chi connectivity index (χ4n) is 1.17. The largest absolute Gasteiger partial charge is 0.639 e. The molecule has 1 rings (SSSR count). The van der Waals surface area contributed by atoms with E-state index in [-0.39, 0.29) is 6.61 Å². The first kappa shape index (κ1) is 12.8. The van der Waals surface area contributed by atoms with E-state index in [1.807, 2.05) is 0 Å². The van der Waals surface area contributed by atoms with E-state index in [0.717, 1.165) is 0 Å². The second-order valence-corrected chi connectivity index (χ2v) is 2.96. The van der Waals surface area contributed by atoms with Gasteiger partial charge in [0.05, 0.1) is 12.3 Å². The molecule has 0 unspecified atom stereocenters. The van der Waals surface area contributed by atoms with Crippen molar-refractivity contribution in [1.29, 1.82) is 5.53 Å². The molecule has 16 heavy (non-hydrogen) atoms. The molecule has 7 heteroatoms. The Balaban J connectivity index is 2.71. The second-order valence-electron chi connectivity index (χ2n) is 2.96.